The maximum Gasteiger partial charge on any atom is 4.00 e. The average molecular weight is 638 g/mol. The molecule has 1 saturated carbocycles. The number of benzene rings is 1. The van der Waals surface area contributed by atoms with E-state index in [1.807, 2.05) is 30.3 Å². The van der Waals surface area contributed by atoms with Gasteiger partial charge in [-0.05, 0) is 26.1 Å². The van der Waals surface area contributed by atoms with E-state index in [9.17, 15) is 0 Å². The summed E-state index contributed by atoms with van der Waals surface area (Å²) in [4.78, 5) is 10.8. The molecule has 0 aromatic heterocycles. The quantitative estimate of drug-likeness (QED) is 0.206. The number of rotatable bonds is 8. The Kier molecular flexibility index (Phi) is 14.6. The largest absolute Gasteiger partial charge is 4.00 e. The van der Waals surface area contributed by atoms with Crippen LogP contribution in [0.5, 0.6) is 0 Å². The van der Waals surface area contributed by atoms with Crippen molar-refractivity contribution in [3.05, 3.63) is 58.7 Å². The Morgan fingerprint density at radius 3 is 1.70 bits per heavy atom. The molecule has 3 nitrogen and oxygen atoms in total. The molecule has 1 aliphatic carbocycles. The SMILES string of the molecule is C[C-]1C([Si](C)(C)[N-]C(C)(C)C)CC(CCO[Si](C)(C)C)C1[Si](C)(C)[N-]C(C)(C)C.[CH2-]c1ccccc1.[Zr+4]. The molecule has 0 saturated heterocycles. The Bertz CT molecular complexity index is 783. The average Bonchev–Trinajstić information content (AvgIpc) is 2.96. The van der Waals surface area contributed by atoms with E-state index in [0.29, 0.717) is 17.0 Å². The summed E-state index contributed by atoms with van der Waals surface area (Å²) in [6, 6.07) is 9.87. The minimum absolute atomic E-state index is 0. The maximum atomic E-state index is 6.29. The van der Waals surface area contributed by atoms with Crippen molar-refractivity contribution in [2.45, 2.75) is 129 Å². The third-order valence-corrected chi connectivity index (χ3v) is 15.2. The summed E-state index contributed by atoms with van der Waals surface area (Å²) in [5, 5.41) is 0. The summed E-state index contributed by atoms with van der Waals surface area (Å²) in [7, 11) is -4.98. The first-order chi connectivity index (χ1) is 16.0. The van der Waals surface area contributed by atoms with Crippen molar-refractivity contribution >= 4 is 24.8 Å². The van der Waals surface area contributed by atoms with Crippen LogP contribution in [-0.4, -0.2) is 42.5 Å². The van der Waals surface area contributed by atoms with Crippen LogP contribution in [0.4, 0.5) is 0 Å². The van der Waals surface area contributed by atoms with E-state index in [2.05, 4.69) is 101 Å². The van der Waals surface area contributed by atoms with Gasteiger partial charge in [-0.2, -0.15) is 42.6 Å². The number of nitrogens with zero attached hydrogens (tertiary/aromatic N) is 2. The fourth-order valence-electron chi connectivity index (χ4n) is 6.35. The molecule has 1 aromatic carbocycles. The van der Waals surface area contributed by atoms with Crippen LogP contribution in [0.3, 0.4) is 0 Å². The van der Waals surface area contributed by atoms with Gasteiger partial charge in [0.15, 0.2) is 8.32 Å². The van der Waals surface area contributed by atoms with Crippen molar-refractivity contribution in [1.29, 1.82) is 0 Å². The van der Waals surface area contributed by atoms with Gasteiger partial charge in [-0.25, -0.2) is 0 Å². The Morgan fingerprint density at radius 1 is 0.865 bits per heavy atom. The minimum Gasteiger partial charge on any atom is -0.661 e. The Labute approximate surface area is 254 Å². The van der Waals surface area contributed by atoms with Gasteiger partial charge in [0, 0.05) is 6.61 Å². The van der Waals surface area contributed by atoms with Gasteiger partial charge in [0.25, 0.3) is 0 Å². The second kappa shape index (κ2) is 14.4. The van der Waals surface area contributed by atoms with Crippen LogP contribution >= 0.6 is 0 Å². The molecular formula is C30H58N2OSi3Zr. The zero-order chi connectivity index (χ0) is 28.2. The molecule has 0 radical (unpaired) electrons. The predicted molar refractivity (Wildman–Crippen MR) is 171 cm³/mol. The standard InChI is InChI=1S/C23H51N2OSi3.C7H7.Zr/c1-18-20(28(11,12)24-22(2,3)4)17-19(15-16-26-27(8,9)10)21(18)29(13,14)25-23(5,6)7;1-7-5-3-2-4-6-7;/h19-21H,15-17H2,1-14H3;2-6H,1H2;/q-3;-1;+4. The second-order valence-electron chi connectivity index (χ2n) is 14.9. The van der Waals surface area contributed by atoms with Crippen molar-refractivity contribution in [3.63, 3.8) is 0 Å². The Morgan fingerprint density at radius 2 is 1.32 bits per heavy atom. The molecule has 0 aliphatic heterocycles. The molecule has 0 spiro atoms. The van der Waals surface area contributed by atoms with E-state index < -0.39 is 24.8 Å². The van der Waals surface area contributed by atoms with Gasteiger partial charge < -0.3 is 20.3 Å². The molecule has 3 unspecified atom stereocenters. The molecule has 2 rings (SSSR count). The van der Waals surface area contributed by atoms with Gasteiger partial charge in [0.1, 0.15) is 0 Å². The summed E-state index contributed by atoms with van der Waals surface area (Å²) < 4.78 is 6.29. The van der Waals surface area contributed by atoms with Crippen LogP contribution in [0.25, 0.3) is 9.96 Å². The van der Waals surface area contributed by atoms with E-state index in [1.165, 1.54) is 12.8 Å². The first kappa shape index (κ1) is 37.5. The Hall–Kier alpha value is 0.504. The van der Waals surface area contributed by atoms with Gasteiger partial charge in [-0.3, -0.25) is 0 Å². The molecule has 210 valence electrons. The number of hydrogen-bond donors (Lipinski definition) is 0. The molecular weight excluding hydrogens is 580 g/mol. The smallest absolute Gasteiger partial charge is 0.661 e. The van der Waals surface area contributed by atoms with Crippen LogP contribution in [-0.2, 0) is 30.6 Å². The zero-order valence-electron chi connectivity index (χ0n) is 26.7. The fraction of sp³-hybridized carbons (Fsp3) is 0.733. The summed E-state index contributed by atoms with van der Waals surface area (Å²) in [5.41, 5.74) is 2.48. The van der Waals surface area contributed by atoms with Crippen molar-refractivity contribution in [3.8, 4) is 0 Å². The normalized spacial score (nSPS) is 21.7. The fourth-order valence-corrected chi connectivity index (χ4v) is 15.9. The van der Waals surface area contributed by atoms with Crippen molar-refractivity contribution in [2.75, 3.05) is 6.61 Å². The van der Waals surface area contributed by atoms with E-state index in [4.69, 9.17) is 14.4 Å². The summed E-state index contributed by atoms with van der Waals surface area (Å²) >= 11 is 0. The molecule has 3 atom stereocenters. The monoisotopic (exact) mass is 636 g/mol. The van der Waals surface area contributed by atoms with E-state index >= 15 is 0 Å². The molecule has 0 amide bonds. The third-order valence-electron chi connectivity index (χ3n) is 6.78. The summed E-state index contributed by atoms with van der Waals surface area (Å²) in [6.07, 6.45) is 2.47. The van der Waals surface area contributed by atoms with Crippen molar-refractivity contribution < 1.29 is 30.6 Å². The first-order valence-electron chi connectivity index (χ1n) is 13.9. The summed E-state index contributed by atoms with van der Waals surface area (Å²) in [5.74, 6) is 2.42. The van der Waals surface area contributed by atoms with Gasteiger partial charge in [-0.1, -0.05) is 103 Å². The van der Waals surface area contributed by atoms with E-state index in [1.54, 1.807) is 5.92 Å². The van der Waals surface area contributed by atoms with Crippen LogP contribution in [0.15, 0.2) is 30.3 Å². The molecule has 0 N–H and O–H groups in total. The van der Waals surface area contributed by atoms with Crippen LogP contribution < -0.4 is 0 Å². The molecule has 37 heavy (non-hydrogen) atoms. The molecule has 0 heterocycles. The van der Waals surface area contributed by atoms with E-state index in [0.717, 1.165) is 12.2 Å². The third kappa shape index (κ3) is 14.1. The second-order valence-corrected chi connectivity index (χ2v) is 27.8. The van der Waals surface area contributed by atoms with Crippen LogP contribution in [0.2, 0.25) is 56.9 Å². The molecule has 7 heteroatoms. The van der Waals surface area contributed by atoms with Gasteiger partial charge in [0.05, 0.1) is 0 Å². The van der Waals surface area contributed by atoms with Crippen molar-refractivity contribution in [1.82, 2.24) is 0 Å². The van der Waals surface area contributed by atoms with Crippen LogP contribution in [0.1, 0.15) is 66.9 Å². The predicted octanol–water partition coefficient (Wildman–Crippen LogP) is 10.2. The topological polar surface area (TPSA) is 37.4 Å². The van der Waals surface area contributed by atoms with Gasteiger partial charge in [0.2, 0.25) is 0 Å². The maximum absolute atomic E-state index is 6.29. The van der Waals surface area contributed by atoms with E-state index in [-0.39, 0.29) is 37.3 Å². The minimum atomic E-state index is -1.78. The molecule has 1 fully saturated rings. The number of hydrogen-bond acceptors (Lipinski definition) is 1. The molecule has 1 aliphatic rings. The van der Waals surface area contributed by atoms with Gasteiger partial charge in [-0.15, -0.1) is 23.2 Å². The van der Waals surface area contributed by atoms with Crippen LogP contribution in [0, 0.1) is 18.8 Å². The Balaban J connectivity index is 0.00000139. The van der Waals surface area contributed by atoms with Crippen molar-refractivity contribution in [2.24, 2.45) is 5.92 Å². The molecule has 0 bridgehead atoms. The summed E-state index contributed by atoms with van der Waals surface area (Å²) in [6.45, 7) is 37.5. The van der Waals surface area contributed by atoms with Gasteiger partial charge >= 0.3 is 26.2 Å². The zero-order valence-corrected chi connectivity index (χ0v) is 32.2. The first-order valence-corrected chi connectivity index (χ1v) is 23.3. The molecule has 1 aromatic rings.